The van der Waals surface area contributed by atoms with Gasteiger partial charge in [-0.2, -0.15) is 4.98 Å². The fourth-order valence-electron chi connectivity index (χ4n) is 4.74. The van der Waals surface area contributed by atoms with Crippen LogP contribution in [0.3, 0.4) is 0 Å². The molecule has 0 radical (unpaired) electrons. The zero-order valence-corrected chi connectivity index (χ0v) is 20.1. The molecule has 2 fully saturated rings. The minimum absolute atomic E-state index is 0.0197. The lowest BCUT2D eigenvalue weighted by atomic mass is 9.89. The maximum absolute atomic E-state index is 13.0. The summed E-state index contributed by atoms with van der Waals surface area (Å²) in [5.74, 6) is 1.34. The van der Waals surface area contributed by atoms with Crippen LogP contribution < -0.4 is 9.47 Å². The molecule has 2 aliphatic heterocycles. The van der Waals surface area contributed by atoms with Gasteiger partial charge in [-0.15, -0.1) is 0 Å². The van der Waals surface area contributed by atoms with Crippen LogP contribution in [0.4, 0.5) is 0 Å². The lowest BCUT2D eigenvalue weighted by Crippen LogP contribution is -2.43. The van der Waals surface area contributed by atoms with Crippen LogP contribution in [0.2, 0.25) is 0 Å². The Hall–Kier alpha value is -2.64. The molecule has 2 aliphatic rings. The number of piperazine rings is 1. The third kappa shape index (κ3) is 6.03. The molecule has 7 heteroatoms. The van der Waals surface area contributed by atoms with E-state index >= 15 is 0 Å². The second-order valence-corrected chi connectivity index (χ2v) is 9.25. The van der Waals surface area contributed by atoms with Crippen LogP contribution in [-0.4, -0.2) is 86.1 Å². The predicted molar refractivity (Wildman–Crippen MR) is 129 cm³/mol. The van der Waals surface area contributed by atoms with Crippen molar-refractivity contribution in [3.63, 3.8) is 0 Å². The third-order valence-corrected chi connectivity index (χ3v) is 6.92. The minimum atomic E-state index is -0.0197. The Bertz CT molecular complexity index is 918. The van der Waals surface area contributed by atoms with Gasteiger partial charge in [-0.25, -0.2) is 0 Å². The van der Waals surface area contributed by atoms with Gasteiger partial charge in [0.25, 0.3) is 5.91 Å². The number of benzene rings is 1. The molecular weight excluding hydrogens is 416 g/mol. The lowest BCUT2D eigenvalue weighted by Gasteiger charge is -2.33. The largest absolute Gasteiger partial charge is 0.481 e. The number of likely N-dealkylation sites (tertiary alicyclic amines) is 1. The van der Waals surface area contributed by atoms with Crippen molar-refractivity contribution in [2.24, 2.45) is 5.92 Å². The number of methoxy groups -OCH3 is 2. The molecule has 7 nitrogen and oxygen atoms in total. The van der Waals surface area contributed by atoms with E-state index in [0.29, 0.717) is 23.2 Å². The molecule has 0 saturated carbocycles. The van der Waals surface area contributed by atoms with Crippen molar-refractivity contribution in [3.05, 3.63) is 53.1 Å². The van der Waals surface area contributed by atoms with Gasteiger partial charge in [0.15, 0.2) is 0 Å². The van der Waals surface area contributed by atoms with E-state index in [-0.39, 0.29) is 5.91 Å². The predicted octanol–water partition coefficient (Wildman–Crippen LogP) is 2.94. The molecule has 0 aliphatic carbocycles. The van der Waals surface area contributed by atoms with Gasteiger partial charge in [-0.3, -0.25) is 9.69 Å². The fraction of sp³-hybridized carbons (Fsp3) is 0.538. The fourth-order valence-corrected chi connectivity index (χ4v) is 4.74. The Morgan fingerprint density at radius 3 is 2.21 bits per heavy atom. The van der Waals surface area contributed by atoms with Gasteiger partial charge in [0.05, 0.1) is 14.2 Å². The molecule has 4 rings (SSSR count). The molecule has 2 saturated heterocycles. The molecule has 1 amide bonds. The van der Waals surface area contributed by atoms with Crippen LogP contribution in [-0.2, 0) is 13.0 Å². The van der Waals surface area contributed by atoms with Gasteiger partial charge in [0.2, 0.25) is 11.8 Å². The molecule has 33 heavy (non-hydrogen) atoms. The number of carbonyl (C=O) groups excluding carboxylic acids is 1. The average molecular weight is 453 g/mol. The second kappa shape index (κ2) is 11.0. The number of likely N-dealkylation sites (N-methyl/N-ethyl adjacent to an activating group) is 1. The summed E-state index contributed by atoms with van der Waals surface area (Å²) in [4.78, 5) is 24.1. The summed E-state index contributed by atoms with van der Waals surface area (Å²) in [7, 11) is 5.27. The number of aromatic nitrogens is 1. The van der Waals surface area contributed by atoms with E-state index in [1.807, 2.05) is 4.90 Å². The van der Waals surface area contributed by atoms with E-state index in [9.17, 15) is 4.79 Å². The smallest absolute Gasteiger partial charge is 0.259 e. The third-order valence-electron chi connectivity index (χ3n) is 6.92. The van der Waals surface area contributed by atoms with Crippen molar-refractivity contribution in [1.29, 1.82) is 0 Å². The zero-order chi connectivity index (χ0) is 23.2. The lowest BCUT2D eigenvalue weighted by molar-refractivity contribution is 0.0686. The number of hydrogen-bond donors (Lipinski definition) is 0. The molecule has 0 unspecified atom stereocenters. The number of pyridine rings is 1. The molecule has 0 spiro atoms. The Kier molecular flexibility index (Phi) is 7.83. The highest BCUT2D eigenvalue weighted by molar-refractivity contribution is 5.96. The van der Waals surface area contributed by atoms with Crippen LogP contribution in [0.1, 0.15) is 34.3 Å². The van der Waals surface area contributed by atoms with E-state index in [1.54, 1.807) is 19.2 Å². The van der Waals surface area contributed by atoms with Crippen molar-refractivity contribution in [2.45, 2.75) is 25.8 Å². The first-order valence-corrected chi connectivity index (χ1v) is 11.9. The first-order valence-electron chi connectivity index (χ1n) is 11.9. The number of rotatable bonds is 7. The summed E-state index contributed by atoms with van der Waals surface area (Å²) in [5.41, 5.74) is 3.28. The normalized spacial score (nSPS) is 18.3. The van der Waals surface area contributed by atoms with Crippen LogP contribution in [0, 0.1) is 5.92 Å². The number of ether oxygens (including phenoxy) is 2. The molecular formula is C26H36N4O3. The van der Waals surface area contributed by atoms with Crippen LogP contribution in [0.5, 0.6) is 11.8 Å². The first-order chi connectivity index (χ1) is 16.1. The molecule has 1 aromatic carbocycles. The highest BCUT2D eigenvalue weighted by Gasteiger charge is 2.26. The number of piperidine rings is 1. The molecule has 0 atom stereocenters. The van der Waals surface area contributed by atoms with Crippen molar-refractivity contribution >= 4 is 5.91 Å². The Morgan fingerprint density at radius 1 is 0.909 bits per heavy atom. The topological polar surface area (TPSA) is 58.1 Å². The van der Waals surface area contributed by atoms with Crippen molar-refractivity contribution in [2.75, 3.05) is 60.5 Å². The summed E-state index contributed by atoms with van der Waals surface area (Å²) in [5, 5.41) is 0. The molecule has 0 bridgehead atoms. The minimum Gasteiger partial charge on any atom is -0.481 e. The van der Waals surface area contributed by atoms with Crippen LogP contribution in [0.15, 0.2) is 36.4 Å². The van der Waals surface area contributed by atoms with E-state index < -0.39 is 0 Å². The van der Waals surface area contributed by atoms with Crippen LogP contribution >= 0.6 is 0 Å². The standard InChI is InChI=1S/C26H36N4O3/c1-28-14-16-29(17-15-28)19-22-6-4-20(5-7-22)18-21-10-12-30(13-11-21)26(31)23-8-9-24(32-2)27-25(23)33-3/h4-9,21H,10-19H2,1-3H3. The Balaban J connectivity index is 1.27. The van der Waals surface area contributed by atoms with Gasteiger partial charge in [0, 0.05) is 51.9 Å². The molecule has 1 aromatic heterocycles. The SMILES string of the molecule is COc1ccc(C(=O)N2CCC(Cc3ccc(CN4CCN(C)CC4)cc3)CC2)c(OC)n1. The number of nitrogens with zero attached hydrogens (tertiary/aromatic N) is 4. The van der Waals surface area contributed by atoms with Crippen molar-refractivity contribution in [1.82, 2.24) is 19.7 Å². The summed E-state index contributed by atoms with van der Waals surface area (Å²) in [6.45, 7) is 7.17. The quantitative estimate of drug-likeness (QED) is 0.644. The van der Waals surface area contributed by atoms with Crippen LogP contribution in [0.25, 0.3) is 0 Å². The maximum Gasteiger partial charge on any atom is 0.259 e. The number of carbonyl (C=O) groups is 1. The van der Waals surface area contributed by atoms with E-state index in [1.165, 1.54) is 18.2 Å². The zero-order valence-electron chi connectivity index (χ0n) is 20.1. The Morgan fingerprint density at radius 2 is 1.58 bits per heavy atom. The van der Waals surface area contributed by atoms with Gasteiger partial charge in [0.1, 0.15) is 5.56 Å². The average Bonchev–Trinajstić information content (AvgIpc) is 2.86. The molecule has 178 valence electrons. The van der Waals surface area contributed by atoms with Gasteiger partial charge >= 0.3 is 0 Å². The van der Waals surface area contributed by atoms with Crippen molar-refractivity contribution < 1.29 is 14.3 Å². The monoisotopic (exact) mass is 452 g/mol. The first kappa shape index (κ1) is 23.5. The maximum atomic E-state index is 13.0. The molecule has 2 aromatic rings. The molecule has 3 heterocycles. The number of amides is 1. The van der Waals surface area contributed by atoms with E-state index in [0.717, 1.165) is 65.1 Å². The van der Waals surface area contributed by atoms with E-state index in [2.05, 4.69) is 46.1 Å². The summed E-state index contributed by atoms with van der Waals surface area (Å²) in [6.07, 6.45) is 3.10. The number of hydrogen-bond acceptors (Lipinski definition) is 6. The molecule has 0 N–H and O–H groups in total. The summed E-state index contributed by atoms with van der Waals surface area (Å²) < 4.78 is 10.5. The van der Waals surface area contributed by atoms with Gasteiger partial charge in [-0.1, -0.05) is 24.3 Å². The van der Waals surface area contributed by atoms with Gasteiger partial charge < -0.3 is 19.3 Å². The highest BCUT2D eigenvalue weighted by atomic mass is 16.5. The Labute approximate surface area is 197 Å². The van der Waals surface area contributed by atoms with E-state index in [4.69, 9.17) is 9.47 Å². The van der Waals surface area contributed by atoms with Gasteiger partial charge in [-0.05, 0) is 49.4 Å². The van der Waals surface area contributed by atoms with Crippen molar-refractivity contribution in [3.8, 4) is 11.8 Å². The second-order valence-electron chi connectivity index (χ2n) is 9.25. The highest BCUT2D eigenvalue weighted by Crippen LogP contribution is 2.26. The summed E-state index contributed by atoms with van der Waals surface area (Å²) in [6, 6.07) is 12.6. The summed E-state index contributed by atoms with van der Waals surface area (Å²) >= 11 is 0.